The molecule has 1 aliphatic rings. The van der Waals surface area contributed by atoms with E-state index in [0.29, 0.717) is 0 Å². The van der Waals surface area contributed by atoms with Gasteiger partial charge in [-0.3, -0.25) is 4.79 Å². The number of carboxylic acid groups (broad SMARTS) is 1. The molecule has 0 aromatic carbocycles. The fourth-order valence-electron chi connectivity index (χ4n) is 1.15. The molecule has 1 atom stereocenters. The topological polar surface area (TPSA) is 66.4 Å². The summed E-state index contributed by atoms with van der Waals surface area (Å²) in [5.74, 6) is -3.50. The van der Waals surface area contributed by atoms with E-state index in [1.807, 2.05) is 0 Å². The molecule has 1 rings (SSSR count). The molecule has 0 spiro atoms. The van der Waals surface area contributed by atoms with Crippen LogP contribution >= 0.6 is 0 Å². The maximum atomic E-state index is 11.8. The molecule has 0 radical (unpaired) electrons. The second-order valence-electron chi connectivity index (χ2n) is 3.54. The van der Waals surface area contributed by atoms with E-state index < -0.39 is 24.1 Å². The summed E-state index contributed by atoms with van der Waals surface area (Å²) in [6.07, 6.45) is -3.34. The van der Waals surface area contributed by atoms with Crippen LogP contribution in [-0.4, -0.2) is 29.2 Å². The number of nitrogens with one attached hydrogen (secondary N) is 1. The van der Waals surface area contributed by atoms with Crippen molar-refractivity contribution in [3.63, 3.8) is 0 Å². The second-order valence-corrected chi connectivity index (χ2v) is 3.54. The lowest BCUT2D eigenvalue weighted by Crippen LogP contribution is -2.47. The molecule has 0 aliphatic heterocycles. The molecule has 4 nitrogen and oxygen atoms in total. The predicted octanol–water partition coefficient (Wildman–Crippen LogP) is 0.918. The van der Waals surface area contributed by atoms with Gasteiger partial charge in [0, 0.05) is 0 Å². The third-order valence-electron chi connectivity index (χ3n) is 2.13. The molecule has 0 aromatic rings. The molecule has 1 fully saturated rings. The molecule has 1 amide bonds. The molecule has 1 saturated carbocycles. The van der Waals surface area contributed by atoms with Crippen molar-refractivity contribution in [3.8, 4) is 0 Å². The highest BCUT2D eigenvalue weighted by Gasteiger charge is 2.41. The van der Waals surface area contributed by atoms with Gasteiger partial charge in [0.1, 0.15) is 6.04 Å². The Hall–Kier alpha value is -1.27. The summed E-state index contributed by atoms with van der Waals surface area (Å²) in [5.41, 5.74) is 0. The number of halogens is 3. The summed E-state index contributed by atoms with van der Waals surface area (Å²) < 4.78 is 35.5. The molecular weight excluding hydrogens is 215 g/mol. The SMILES string of the molecule is O=C(O)[C@@H](CC1CC1)NC(=O)C(F)(F)F. The van der Waals surface area contributed by atoms with E-state index in [-0.39, 0.29) is 12.3 Å². The molecule has 0 saturated heterocycles. The summed E-state index contributed by atoms with van der Waals surface area (Å²) in [7, 11) is 0. The van der Waals surface area contributed by atoms with Crippen molar-refractivity contribution in [2.45, 2.75) is 31.5 Å². The number of alkyl halides is 3. The van der Waals surface area contributed by atoms with Gasteiger partial charge >= 0.3 is 18.1 Å². The first-order valence-corrected chi connectivity index (χ1v) is 4.41. The van der Waals surface area contributed by atoms with E-state index in [0.717, 1.165) is 12.8 Å². The summed E-state index contributed by atoms with van der Waals surface area (Å²) in [6.45, 7) is 0. The Morgan fingerprint density at radius 3 is 2.27 bits per heavy atom. The zero-order chi connectivity index (χ0) is 11.6. The molecule has 1 aliphatic carbocycles. The van der Waals surface area contributed by atoms with Crippen LogP contribution in [0.2, 0.25) is 0 Å². The van der Waals surface area contributed by atoms with Crippen molar-refractivity contribution in [1.82, 2.24) is 5.32 Å². The van der Waals surface area contributed by atoms with Crippen molar-refractivity contribution in [2.75, 3.05) is 0 Å². The lowest BCUT2D eigenvalue weighted by molar-refractivity contribution is -0.175. The number of carbonyl (C=O) groups excluding carboxylic acids is 1. The first kappa shape index (κ1) is 11.8. The Balaban J connectivity index is 2.50. The van der Waals surface area contributed by atoms with Crippen LogP contribution in [0.15, 0.2) is 0 Å². The maximum absolute atomic E-state index is 11.8. The molecule has 0 unspecified atom stereocenters. The normalized spacial score (nSPS) is 18.3. The summed E-state index contributed by atoms with van der Waals surface area (Å²) in [6, 6.07) is -1.44. The number of carboxylic acids is 1. The van der Waals surface area contributed by atoms with Gasteiger partial charge in [-0.05, 0) is 12.3 Å². The Labute approximate surface area is 83.5 Å². The number of amides is 1. The van der Waals surface area contributed by atoms with Crippen molar-refractivity contribution < 1.29 is 27.9 Å². The quantitative estimate of drug-likeness (QED) is 0.747. The van der Waals surface area contributed by atoms with Crippen LogP contribution in [0.1, 0.15) is 19.3 Å². The lowest BCUT2D eigenvalue weighted by atomic mass is 10.1. The smallest absolute Gasteiger partial charge is 0.471 e. The van der Waals surface area contributed by atoms with E-state index in [1.54, 1.807) is 0 Å². The van der Waals surface area contributed by atoms with Crippen LogP contribution in [0.25, 0.3) is 0 Å². The van der Waals surface area contributed by atoms with E-state index >= 15 is 0 Å². The van der Waals surface area contributed by atoms with Crippen molar-refractivity contribution in [3.05, 3.63) is 0 Å². The van der Waals surface area contributed by atoms with E-state index in [9.17, 15) is 22.8 Å². The first-order valence-electron chi connectivity index (χ1n) is 4.41. The van der Waals surface area contributed by atoms with Crippen LogP contribution in [0.3, 0.4) is 0 Å². The molecule has 86 valence electrons. The summed E-state index contributed by atoms with van der Waals surface area (Å²) in [4.78, 5) is 21.0. The van der Waals surface area contributed by atoms with Crippen LogP contribution in [-0.2, 0) is 9.59 Å². The minimum Gasteiger partial charge on any atom is -0.480 e. The summed E-state index contributed by atoms with van der Waals surface area (Å²) in [5, 5.41) is 10.0. The van der Waals surface area contributed by atoms with Gasteiger partial charge in [0.05, 0.1) is 0 Å². The van der Waals surface area contributed by atoms with E-state index in [4.69, 9.17) is 5.11 Å². The average molecular weight is 225 g/mol. The van der Waals surface area contributed by atoms with Gasteiger partial charge in [0.2, 0.25) is 0 Å². The number of aliphatic carboxylic acids is 1. The van der Waals surface area contributed by atoms with Crippen molar-refractivity contribution in [1.29, 1.82) is 0 Å². The van der Waals surface area contributed by atoms with Crippen LogP contribution in [0.4, 0.5) is 13.2 Å². The van der Waals surface area contributed by atoms with E-state index in [1.165, 1.54) is 5.32 Å². The molecule has 2 N–H and O–H groups in total. The van der Waals surface area contributed by atoms with Gasteiger partial charge in [-0.15, -0.1) is 0 Å². The van der Waals surface area contributed by atoms with E-state index in [2.05, 4.69) is 0 Å². The zero-order valence-corrected chi connectivity index (χ0v) is 7.67. The molecule has 0 aromatic heterocycles. The first-order chi connectivity index (χ1) is 6.80. The Morgan fingerprint density at radius 1 is 1.40 bits per heavy atom. The number of rotatable bonds is 4. The average Bonchev–Trinajstić information content (AvgIpc) is 2.84. The Morgan fingerprint density at radius 2 is 1.93 bits per heavy atom. The lowest BCUT2D eigenvalue weighted by Gasteiger charge is -2.15. The molecule has 0 bridgehead atoms. The fraction of sp³-hybridized carbons (Fsp3) is 0.750. The Bertz CT molecular complexity index is 273. The highest BCUT2D eigenvalue weighted by atomic mass is 19.4. The standard InChI is InChI=1S/C8H10F3NO3/c9-8(10,11)7(15)12-5(6(13)14)3-4-1-2-4/h4-5H,1-3H2,(H,12,15)(H,13,14)/t5-/m1/s1. The second kappa shape index (κ2) is 4.08. The van der Waals surface area contributed by atoms with Crippen LogP contribution < -0.4 is 5.32 Å². The van der Waals surface area contributed by atoms with Gasteiger partial charge in [-0.1, -0.05) is 12.8 Å². The van der Waals surface area contributed by atoms with Crippen LogP contribution in [0.5, 0.6) is 0 Å². The predicted molar refractivity (Wildman–Crippen MR) is 43.0 cm³/mol. The van der Waals surface area contributed by atoms with Gasteiger partial charge in [-0.2, -0.15) is 13.2 Å². The summed E-state index contributed by atoms with van der Waals surface area (Å²) >= 11 is 0. The number of hydrogen-bond donors (Lipinski definition) is 2. The number of carbonyl (C=O) groups is 2. The van der Waals surface area contributed by atoms with Gasteiger partial charge < -0.3 is 10.4 Å². The van der Waals surface area contributed by atoms with Crippen molar-refractivity contribution >= 4 is 11.9 Å². The van der Waals surface area contributed by atoms with Crippen LogP contribution in [0, 0.1) is 5.92 Å². The van der Waals surface area contributed by atoms with Gasteiger partial charge in [0.15, 0.2) is 0 Å². The monoisotopic (exact) mass is 225 g/mol. The fourth-order valence-corrected chi connectivity index (χ4v) is 1.15. The highest BCUT2D eigenvalue weighted by Crippen LogP contribution is 2.33. The Kier molecular flexibility index (Phi) is 3.21. The molecule has 0 heterocycles. The molecule has 15 heavy (non-hydrogen) atoms. The minimum absolute atomic E-state index is 0.0666. The van der Waals surface area contributed by atoms with Gasteiger partial charge in [-0.25, -0.2) is 4.79 Å². The van der Waals surface area contributed by atoms with Gasteiger partial charge in [0.25, 0.3) is 0 Å². The third-order valence-corrected chi connectivity index (χ3v) is 2.13. The highest BCUT2D eigenvalue weighted by molar-refractivity contribution is 5.86. The largest absolute Gasteiger partial charge is 0.480 e. The minimum atomic E-state index is -5.03. The molecular formula is C8H10F3NO3. The number of hydrogen-bond acceptors (Lipinski definition) is 2. The molecule has 7 heteroatoms. The van der Waals surface area contributed by atoms with Crippen molar-refractivity contribution in [2.24, 2.45) is 5.92 Å². The maximum Gasteiger partial charge on any atom is 0.471 e. The zero-order valence-electron chi connectivity index (χ0n) is 7.67. The third kappa shape index (κ3) is 3.77.